The number of carbonyl (C=O) groups excluding carboxylic acids is 1. The SMILES string of the molecule is CCOC(=O)C1=C(c2ccccc2)N=c2s/c(=C\c3ccc(OCc4ccccc4)c(OC)c3)c(=O)n2[C@H]1c1ccc(OC)c(OC)c1. The summed E-state index contributed by atoms with van der Waals surface area (Å²) in [4.78, 5) is 33.4. The third-order valence-corrected chi connectivity index (χ3v) is 8.80. The third-order valence-electron chi connectivity index (χ3n) is 7.82. The van der Waals surface area contributed by atoms with E-state index in [0.717, 1.165) is 16.7 Å². The van der Waals surface area contributed by atoms with E-state index in [4.69, 9.17) is 28.7 Å². The van der Waals surface area contributed by atoms with Crippen molar-refractivity contribution < 1.29 is 28.5 Å². The molecule has 1 aliphatic heterocycles. The van der Waals surface area contributed by atoms with Crippen molar-refractivity contribution in [3.8, 4) is 23.0 Å². The van der Waals surface area contributed by atoms with Gasteiger partial charge in [0.25, 0.3) is 5.56 Å². The molecule has 0 aliphatic carbocycles. The van der Waals surface area contributed by atoms with Crippen LogP contribution >= 0.6 is 11.3 Å². The lowest BCUT2D eigenvalue weighted by Gasteiger charge is -2.26. The van der Waals surface area contributed by atoms with Gasteiger partial charge in [0, 0.05) is 5.56 Å². The predicted molar refractivity (Wildman–Crippen MR) is 184 cm³/mol. The van der Waals surface area contributed by atoms with E-state index in [0.29, 0.717) is 50.2 Å². The van der Waals surface area contributed by atoms with Crippen LogP contribution in [-0.2, 0) is 16.1 Å². The summed E-state index contributed by atoms with van der Waals surface area (Å²) in [5.74, 6) is 1.53. The number of rotatable bonds is 11. The van der Waals surface area contributed by atoms with Crippen molar-refractivity contribution in [1.29, 1.82) is 0 Å². The minimum atomic E-state index is -0.860. The first-order valence-corrected chi connectivity index (χ1v) is 16.1. The molecule has 6 rings (SSSR count). The number of hydrogen-bond donors (Lipinski definition) is 0. The van der Waals surface area contributed by atoms with Crippen LogP contribution in [0.3, 0.4) is 0 Å². The number of carbonyl (C=O) groups is 1. The maximum atomic E-state index is 14.3. The fourth-order valence-corrected chi connectivity index (χ4v) is 6.56. The molecular weight excluding hydrogens is 628 g/mol. The molecule has 244 valence electrons. The van der Waals surface area contributed by atoms with Crippen molar-refractivity contribution >= 4 is 29.1 Å². The Labute approximate surface area is 281 Å². The van der Waals surface area contributed by atoms with Crippen LogP contribution in [0.1, 0.15) is 35.2 Å². The molecule has 0 saturated carbocycles. The van der Waals surface area contributed by atoms with Gasteiger partial charge in [0.05, 0.1) is 49.8 Å². The zero-order valence-corrected chi connectivity index (χ0v) is 27.8. The van der Waals surface area contributed by atoms with Gasteiger partial charge in [0.1, 0.15) is 6.61 Å². The molecule has 4 aromatic carbocycles. The Morgan fingerprint density at radius 1 is 0.833 bits per heavy atom. The molecule has 1 aromatic heterocycles. The Kier molecular flexibility index (Phi) is 9.73. The molecule has 5 aromatic rings. The molecule has 0 bridgehead atoms. The van der Waals surface area contributed by atoms with Gasteiger partial charge in [-0.15, -0.1) is 0 Å². The maximum absolute atomic E-state index is 14.3. The number of hydrogen-bond acceptors (Lipinski definition) is 9. The lowest BCUT2D eigenvalue weighted by molar-refractivity contribution is -0.138. The van der Waals surface area contributed by atoms with Crippen molar-refractivity contribution in [2.45, 2.75) is 19.6 Å². The maximum Gasteiger partial charge on any atom is 0.338 e. The second-order valence-electron chi connectivity index (χ2n) is 10.7. The average Bonchev–Trinajstić information content (AvgIpc) is 3.44. The number of methoxy groups -OCH3 is 3. The quantitative estimate of drug-likeness (QED) is 0.171. The monoisotopic (exact) mass is 662 g/mol. The highest BCUT2D eigenvalue weighted by atomic mass is 32.1. The summed E-state index contributed by atoms with van der Waals surface area (Å²) in [6, 6.07) is 29.3. The summed E-state index contributed by atoms with van der Waals surface area (Å²) < 4.78 is 30.3. The molecule has 2 heterocycles. The highest BCUT2D eigenvalue weighted by Gasteiger charge is 2.35. The number of esters is 1. The number of ether oxygens (including phenoxy) is 5. The molecule has 0 unspecified atom stereocenters. The first kappa shape index (κ1) is 32.3. The fourth-order valence-electron chi connectivity index (χ4n) is 5.56. The van der Waals surface area contributed by atoms with Crippen molar-refractivity contribution in [3.05, 3.63) is 145 Å². The van der Waals surface area contributed by atoms with Crippen LogP contribution in [0, 0.1) is 0 Å². The molecular formula is C38H34N2O7S. The average molecular weight is 663 g/mol. The van der Waals surface area contributed by atoms with Crippen molar-refractivity contribution in [3.63, 3.8) is 0 Å². The van der Waals surface area contributed by atoms with Gasteiger partial charge < -0.3 is 23.7 Å². The van der Waals surface area contributed by atoms with Gasteiger partial charge in [-0.3, -0.25) is 9.36 Å². The second-order valence-corrected chi connectivity index (χ2v) is 11.7. The molecule has 1 aliphatic rings. The van der Waals surface area contributed by atoms with Crippen LogP contribution in [0.5, 0.6) is 23.0 Å². The standard InChI is InChI=1S/C38H34N2O7S/c1-5-46-37(42)33-34(26-14-10-7-11-15-26)39-38-40(35(33)27-17-19-28(43-2)31(22-27)45-4)36(41)32(48-38)21-25-16-18-29(30(20-25)44-3)47-23-24-12-8-6-9-13-24/h6-22,35H,5,23H2,1-4H3/b32-21-/t35-/m0/s1. The van der Waals surface area contributed by atoms with Gasteiger partial charge >= 0.3 is 5.97 Å². The number of nitrogens with zero attached hydrogens (tertiary/aromatic N) is 2. The normalized spacial score (nSPS) is 14.2. The summed E-state index contributed by atoms with van der Waals surface area (Å²) in [6.07, 6.45) is 1.79. The topological polar surface area (TPSA) is 97.6 Å². The summed E-state index contributed by atoms with van der Waals surface area (Å²) in [5.41, 5.74) is 3.49. The van der Waals surface area contributed by atoms with Crippen LogP contribution < -0.4 is 33.8 Å². The number of aromatic nitrogens is 1. The first-order chi connectivity index (χ1) is 23.4. The number of fused-ring (bicyclic) bond motifs is 1. The zero-order valence-electron chi connectivity index (χ0n) is 27.0. The Balaban J connectivity index is 1.51. The van der Waals surface area contributed by atoms with Crippen LogP contribution in [0.4, 0.5) is 0 Å². The molecule has 10 heteroatoms. The molecule has 0 saturated heterocycles. The van der Waals surface area contributed by atoms with Gasteiger partial charge in [-0.1, -0.05) is 84.1 Å². The molecule has 0 amide bonds. The summed E-state index contributed by atoms with van der Waals surface area (Å²) in [6.45, 7) is 2.28. The van der Waals surface area contributed by atoms with Gasteiger partial charge in [-0.25, -0.2) is 9.79 Å². The van der Waals surface area contributed by atoms with Crippen LogP contribution in [0.15, 0.2) is 112 Å². The highest BCUT2D eigenvalue weighted by molar-refractivity contribution is 7.07. The lowest BCUT2D eigenvalue weighted by atomic mass is 9.93. The zero-order chi connectivity index (χ0) is 33.6. The van der Waals surface area contributed by atoms with Crippen molar-refractivity contribution in [2.24, 2.45) is 4.99 Å². The second kappa shape index (κ2) is 14.4. The summed E-state index contributed by atoms with van der Waals surface area (Å²) in [5, 5.41) is 0. The smallest absolute Gasteiger partial charge is 0.338 e. The van der Waals surface area contributed by atoms with Gasteiger partial charge in [0.15, 0.2) is 27.8 Å². The van der Waals surface area contributed by atoms with E-state index in [1.54, 1.807) is 43.9 Å². The number of benzene rings is 4. The van der Waals surface area contributed by atoms with E-state index in [1.165, 1.54) is 18.4 Å². The molecule has 0 N–H and O–H groups in total. The molecule has 0 spiro atoms. The van der Waals surface area contributed by atoms with Crippen molar-refractivity contribution in [1.82, 2.24) is 4.57 Å². The molecule has 0 fully saturated rings. The van der Waals surface area contributed by atoms with Gasteiger partial charge in [-0.2, -0.15) is 0 Å². The summed E-state index contributed by atoms with van der Waals surface area (Å²) >= 11 is 1.24. The largest absolute Gasteiger partial charge is 0.493 e. The Bertz CT molecular complexity index is 2160. The van der Waals surface area contributed by atoms with Gasteiger partial charge in [-0.05, 0) is 54.0 Å². The molecule has 9 nitrogen and oxygen atoms in total. The van der Waals surface area contributed by atoms with E-state index >= 15 is 0 Å². The Morgan fingerprint density at radius 2 is 1.50 bits per heavy atom. The van der Waals surface area contributed by atoms with Crippen LogP contribution in [-0.4, -0.2) is 38.5 Å². The van der Waals surface area contributed by atoms with Crippen molar-refractivity contribution in [2.75, 3.05) is 27.9 Å². The number of thiazole rings is 1. The molecule has 0 radical (unpaired) electrons. The van der Waals surface area contributed by atoms with E-state index in [9.17, 15) is 9.59 Å². The highest BCUT2D eigenvalue weighted by Crippen LogP contribution is 2.38. The van der Waals surface area contributed by atoms with Crippen LogP contribution in [0.2, 0.25) is 0 Å². The third kappa shape index (κ3) is 6.47. The molecule has 48 heavy (non-hydrogen) atoms. The summed E-state index contributed by atoms with van der Waals surface area (Å²) in [7, 11) is 4.67. The van der Waals surface area contributed by atoms with Gasteiger partial charge in [0.2, 0.25) is 0 Å². The minimum Gasteiger partial charge on any atom is -0.493 e. The van der Waals surface area contributed by atoms with E-state index < -0.39 is 12.0 Å². The van der Waals surface area contributed by atoms with E-state index in [-0.39, 0.29) is 17.7 Å². The first-order valence-electron chi connectivity index (χ1n) is 15.3. The fraction of sp³-hybridized carbons (Fsp3) is 0.184. The van der Waals surface area contributed by atoms with Crippen LogP contribution in [0.25, 0.3) is 11.8 Å². The minimum absolute atomic E-state index is 0.153. The molecule has 1 atom stereocenters. The van der Waals surface area contributed by atoms with E-state index in [2.05, 4.69) is 0 Å². The van der Waals surface area contributed by atoms with E-state index in [1.807, 2.05) is 84.9 Å². The Morgan fingerprint density at radius 3 is 2.19 bits per heavy atom. The Hall–Kier alpha value is -5.61. The predicted octanol–water partition coefficient (Wildman–Crippen LogP) is 5.54. The lowest BCUT2D eigenvalue weighted by Crippen LogP contribution is -2.40.